The smallest absolute Gasteiger partial charge is 0.326 e. The molecule has 1 amide bonds. The summed E-state index contributed by atoms with van der Waals surface area (Å²) < 4.78 is 23.4. The van der Waals surface area contributed by atoms with Crippen LogP contribution in [0.25, 0.3) is 0 Å². The quantitative estimate of drug-likeness (QED) is 0.751. The molecule has 0 aliphatic heterocycles. The van der Waals surface area contributed by atoms with Crippen LogP contribution in [0.3, 0.4) is 0 Å². The number of nitrogens with one attached hydrogen (secondary N) is 1. The average Bonchev–Trinajstić information content (AvgIpc) is 2.35. The molecule has 1 unspecified atom stereocenters. The third kappa shape index (κ3) is 6.37. The van der Waals surface area contributed by atoms with Crippen molar-refractivity contribution in [2.24, 2.45) is 0 Å². The molecule has 0 radical (unpaired) electrons. The number of hydrogen-bond acceptors (Lipinski definition) is 4. The largest absolute Gasteiger partial charge is 0.480 e. The zero-order chi connectivity index (χ0) is 17.8. The molecule has 6 nitrogen and oxygen atoms in total. The number of benzene rings is 1. The lowest BCUT2D eigenvalue weighted by Crippen LogP contribution is -2.45. The van der Waals surface area contributed by atoms with E-state index in [0.717, 1.165) is 0 Å². The van der Waals surface area contributed by atoms with E-state index in [1.807, 2.05) is 0 Å². The van der Waals surface area contributed by atoms with Crippen molar-refractivity contribution in [2.75, 3.05) is 5.75 Å². The Balaban J connectivity index is 2.84. The molecule has 9 heteroatoms. The molecule has 0 spiro atoms. The Morgan fingerprint density at radius 3 is 2.13 bits per heavy atom. The fourth-order valence-electron chi connectivity index (χ4n) is 1.75. The van der Waals surface area contributed by atoms with E-state index in [2.05, 4.69) is 5.32 Å². The summed E-state index contributed by atoms with van der Waals surface area (Å²) in [4.78, 5) is 23.1. The van der Waals surface area contributed by atoms with Gasteiger partial charge in [0.05, 0.1) is 5.25 Å². The van der Waals surface area contributed by atoms with Gasteiger partial charge in [-0.15, -0.1) is 0 Å². The summed E-state index contributed by atoms with van der Waals surface area (Å²) in [6.07, 6.45) is -0.0664. The van der Waals surface area contributed by atoms with Crippen molar-refractivity contribution in [1.29, 1.82) is 0 Å². The average molecular weight is 382 g/mol. The fourth-order valence-corrected chi connectivity index (χ4v) is 3.10. The molecule has 23 heavy (non-hydrogen) atoms. The van der Waals surface area contributed by atoms with Gasteiger partial charge in [0, 0.05) is 16.5 Å². The minimum Gasteiger partial charge on any atom is -0.480 e. The van der Waals surface area contributed by atoms with Gasteiger partial charge >= 0.3 is 5.97 Å². The summed E-state index contributed by atoms with van der Waals surface area (Å²) in [7, 11) is -3.60. The predicted molar refractivity (Wildman–Crippen MR) is 88.7 cm³/mol. The maximum Gasteiger partial charge on any atom is 0.326 e. The molecule has 0 bridgehead atoms. The maximum absolute atomic E-state index is 11.8. The number of carbonyl (C=O) groups excluding carboxylic acids is 1. The van der Waals surface area contributed by atoms with E-state index in [-0.39, 0.29) is 6.42 Å². The minimum absolute atomic E-state index is 0.0664. The topological polar surface area (TPSA) is 101 Å². The van der Waals surface area contributed by atoms with Crippen LogP contribution in [0, 0.1) is 0 Å². The first-order chi connectivity index (χ1) is 10.5. The molecule has 0 saturated carbocycles. The summed E-state index contributed by atoms with van der Waals surface area (Å²) in [6.45, 7) is 2.90. The van der Waals surface area contributed by atoms with Crippen molar-refractivity contribution in [3.63, 3.8) is 0 Å². The lowest BCUT2D eigenvalue weighted by molar-refractivity contribution is -0.141. The Bertz CT molecular complexity index is 683. The molecule has 0 aromatic heterocycles. The van der Waals surface area contributed by atoms with Crippen molar-refractivity contribution in [3.05, 3.63) is 33.8 Å². The standard InChI is InChI=1S/C14H17Cl2NO5S/c1-8(2)23(21,22)7-13(18)17-12(14(19)20)5-9-3-10(15)6-11(16)4-9/h3-4,6,8,12H,5,7H2,1-2H3,(H,17,18)(H,19,20). The minimum atomic E-state index is -3.60. The summed E-state index contributed by atoms with van der Waals surface area (Å²) >= 11 is 11.7. The first-order valence-corrected chi connectivity index (χ1v) is 9.17. The van der Waals surface area contributed by atoms with E-state index >= 15 is 0 Å². The third-order valence-electron chi connectivity index (χ3n) is 3.05. The number of rotatable bonds is 7. The number of amides is 1. The third-order valence-corrected chi connectivity index (χ3v) is 5.58. The number of aliphatic carboxylic acids is 1. The Labute approximate surface area is 144 Å². The summed E-state index contributed by atoms with van der Waals surface area (Å²) in [6, 6.07) is 3.27. The molecular formula is C14H17Cl2NO5S. The molecule has 1 aromatic carbocycles. The van der Waals surface area contributed by atoms with Crippen molar-refractivity contribution < 1.29 is 23.1 Å². The van der Waals surface area contributed by atoms with Gasteiger partial charge in [0.15, 0.2) is 9.84 Å². The van der Waals surface area contributed by atoms with Gasteiger partial charge in [0.1, 0.15) is 11.8 Å². The fraction of sp³-hybridized carbons (Fsp3) is 0.429. The normalized spacial score (nSPS) is 12.9. The second kappa shape index (κ2) is 7.99. The summed E-state index contributed by atoms with van der Waals surface area (Å²) in [5, 5.41) is 11.4. The van der Waals surface area contributed by atoms with E-state index in [4.69, 9.17) is 23.2 Å². The van der Waals surface area contributed by atoms with Gasteiger partial charge in [0.25, 0.3) is 0 Å². The lowest BCUT2D eigenvalue weighted by Gasteiger charge is -2.16. The number of carboxylic acids is 1. The highest BCUT2D eigenvalue weighted by atomic mass is 35.5. The van der Waals surface area contributed by atoms with Gasteiger partial charge in [0.2, 0.25) is 5.91 Å². The molecule has 128 valence electrons. The van der Waals surface area contributed by atoms with E-state index in [9.17, 15) is 23.1 Å². The number of carbonyl (C=O) groups is 2. The number of carboxylic acid groups (broad SMARTS) is 1. The van der Waals surface area contributed by atoms with Crippen LogP contribution in [0.1, 0.15) is 19.4 Å². The second-order valence-electron chi connectivity index (χ2n) is 5.30. The van der Waals surface area contributed by atoms with Crippen LogP contribution in [-0.4, -0.2) is 42.4 Å². The Morgan fingerprint density at radius 2 is 1.70 bits per heavy atom. The van der Waals surface area contributed by atoms with E-state index in [1.165, 1.54) is 32.0 Å². The van der Waals surface area contributed by atoms with E-state index in [1.54, 1.807) is 0 Å². The number of sulfone groups is 1. The zero-order valence-corrected chi connectivity index (χ0v) is 14.9. The lowest BCUT2D eigenvalue weighted by atomic mass is 10.1. The van der Waals surface area contributed by atoms with E-state index in [0.29, 0.717) is 15.6 Å². The monoisotopic (exact) mass is 381 g/mol. The SMILES string of the molecule is CC(C)S(=O)(=O)CC(=O)NC(Cc1cc(Cl)cc(Cl)c1)C(=O)O. The molecule has 1 atom stereocenters. The molecule has 0 heterocycles. The molecular weight excluding hydrogens is 365 g/mol. The van der Waals surface area contributed by atoms with Crippen LogP contribution in [0.5, 0.6) is 0 Å². The van der Waals surface area contributed by atoms with Crippen molar-refractivity contribution >= 4 is 44.9 Å². The molecule has 0 saturated heterocycles. The molecule has 0 aliphatic rings. The Kier molecular flexibility index (Phi) is 6.85. The maximum atomic E-state index is 11.8. The zero-order valence-electron chi connectivity index (χ0n) is 12.5. The van der Waals surface area contributed by atoms with E-state index < -0.39 is 38.8 Å². The molecule has 2 N–H and O–H groups in total. The van der Waals surface area contributed by atoms with Gasteiger partial charge in [-0.05, 0) is 37.6 Å². The molecule has 1 rings (SSSR count). The van der Waals surface area contributed by atoms with Gasteiger partial charge in [-0.25, -0.2) is 13.2 Å². The van der Waals surface area contributed by atoms with Gasteiger partial charge in [-0.3, -0.25) is 4.79 Å². The van der Waals surface area contributed by atoms with Crippen LogP contribution in [0.4, 0.5) is 0 Å². The van der Waals surface area contributed by atoms with Crippen LogP contribution < -0.4 is 5.32 Å². The highest BCUT2D eigenvalue weighted by molar-refractivity contribution is 7.92. The molecule has 1 aromatic rings. The highest BCUT2D eigenvalue weighted by Crippen LogP contribution is 2.20. The first kappa shape index (κ1) is 19.7. The number of halogens is 2. The van der Waals surface area contributed by atoms with Crippen LogP contribution >= 0.6 is 23.2 Å². The van der Waals surface area contributed by atoms with Crippen molar-refractivity contribution in [1.82, 2.24) is 5.32 Å². The van der Waals surface area contributed by atoms with Crippen LogP contribution in [0.15, 0.2) is 18.2 Å². The first-order valence-electron chi connectivity index (χ1n) is 6.70. The van der Waals surface area contributed by atoms with Crippen molar-refractivity contribution in [3.8, 4) is 0 Å². The Morgan fingerprint density at radius 1 is 1.17 bits per heavy atom. The second-order valence-corrected chi connectivity index (χ2v) is 8.73. The summed E-state index contributed by atoms with van der Waals surface area (Å²) in [5.74, 6) is -2.90. The molecule has 0 aliphatic carbocycles. The van der Waals surface area contributed by atoms with Crippen LogP contribution in [-0.2, 0) is 25.8 Å². The van der Waals surface area contributed by atoms with Crippen molar-refractivity contribution in [2.45, 2.75) is 31.6 Å². The molecule has 0 fully saturated rings. The number of hydrogen-bond donors (Lipinski definition) is 2. The highest BCUT2D eigenvalue weighted by Gasteiger charge is 2.25. The summed E-state index contributed by atoms with van der Waals surface area (Å²) in [5.41, 5.74) is 0.516. The van der Waals surface area contributed by atoms with Gasteiger partial charge in [-0.1, -0.05) is 23.2 Å². The van der Waals surface area contributed by atoms with Crippen LogP contribution in [0.2, 0.25) is 10.0 Å². The van der Waals surface area contributed by atoms with Gasteiger partial charge < -0.3 is 10.4 Å². The van der Waals surface area contributed by atoms with Gasteiger partial charge in [-0.2, -0.15) is 0 Å². The Hall–Kier alpha value is -1.31. The predicted octanol–water partition coefficient (Wildman–Crippen LogP) is 1.93.